The average molecular weight is 385 g/mol. The van der Waals surface area contributed by atoms with E-state index in [2.05, 4.69) is 15.3 Å². The summed E-state index contributed by atoms with van der Waals surface area (Å²) in [6.07, 6.45) is 3.52. The number of carbonyl (C=O) groups is 1. The molecule has 0 aliphatic carbocycles. The molecule has 1 amide bonds. The first kappa shape index (κ1) is 18.9. The van der Waals surface area contributed by atoms with Crippen LogP contribution in [0.1, 0.15) is 38.6 Å². The molecule has 2 heterocycles. The summed E-state index contributed by atoms with van der Waals surface area (Å²) in [5.74, 6) is 0.516. The van der Waals surface area contributed by atoms with E-state index in [4.69, 9.17) is 11.6 Å². The monoisotopic (exact) mass is 384 g/mol. The zero-order valence-electron chi connectivity index (χ0n) is 15.7. The van der Waals surface area contributed by atoms with Crippen LogP contribution in [0.25, 0.3) is 5.69 Å². The van der Waals surface area contributed by atoms with Gasteiger partial charge in [-0.3, -0.25) is 9.59 Å². The van der Waals surface area contributed by atoms with Gasteiger partial charge in [-0.1, -0.05) is 11.6 Å². The molecule has 3 aromatic rings. The number of H-pyrrole nitrogens is 1. The highest BCUT2D eigenvalue weighted by molar-refractivity contribution is 6.31. The van der Waals surface area contributed by atoms with Crippen LogP contribution in [0.5, 0.6) is 0 Å². The van der Waals surface area contributed by atoms with Crippen molar-refractivity contribution in [1.29, 1.82) is 0 Å². The number of carbonyl (C=O) groups excluding carboxylic acids is 1. The number of aromatic amines is 1. The summed E-state index contributed by atoms with van der Waals surface area (Å²) >= 11 is 6.25. The normalized spacial score (nSPS) is 10.9. The molecule has 0 spiro atoms. The zero-order valence-corrected chi connectivity index (χ0v) is 16.4. The molecule has 0 saturated heterocycles. The third-order valence-corrected chi connectivity index (χ3v) is 4.81. The molecule has 0 aliphatic rings. The maximum absolute atomic E-state index is 12.8. The minimum atomic E-state index is -0.284. The van der Waals surface area contributed by atoms with Crippen molar-refractivity contribution in [1.82, 2.24) is 19.9 Å². The van der Waals surface area contributed by atoms with Crippen molar-refractivity contribution < 1.29 is 4.79 Å². The van der Waals surface area contributed by atoms with Crippen molar-refractivity contribution in [2.75, 3.05) is 0 Å². The van der Waals surface area contributed by atoms with E-state index in [0.717, 1.165) is 28.3 Å². The molecular weight excluding hydrogens is 364 g/mol. The minimum absolute atomic E-state index is 0.145. The van der Waals surface area contributed by atoms with Gasteiger partial charge in [-0.25, -0.2) is 4.98 Å². The van der Waals surface area contributed by atoms with E-state index in [1.165, 1.54) is 0 Å². The lowest BCUT2D eigenvalue weighted by Crippen LogP contribution is -2.28. The Bertz CT molecular complexity index is 1080. The number of pyridine rings is 1. The van der Waals surface area contributed by atoms with Crippen LogP contribution in [-0.4, -0.2) is 20.4 Å². The van der Waals surface area contributed by atoms with Crippen LogP contribution < -0.4 is 10.9 Å². The van der Waals surface area contributed by atoms with Crippen molar-refractivity contribution in [3.63, 3.8) is 0 Å². The quantitative estimate of drug-likeness (QED) is 0.723. The molecule has 0 unspecified atom stereocenters. The number of benzene rings is 1. The van der Waals surface area contributed by atoms with E-state index in [0.29, 0.717) is 16.1 Å². The SMILES string of the molecule is Cc1cc(C)c(CNC(=O)c2cc(Cl)cc(-n3ccnc3C)c2C)c(=O)[nH]1. The van der Waals surface area contributed by atoms with Gasteiger partial charge in [-0.05, 0) is 57.0 Å². The van der Waals surface area contributed by atoms with Crippen molar-refractivity contribution in [2.45, 2.75) is 34.2 Å². The highest BCUT2D eigenvalue weighted by Crippen LogP contribution is 2.25. The molecule has 7 heteroatoms. The molecule has 0 radical (unpaired) electrons. The first-order chi connectivity index (χ1) is 12.8. The van der Waals surface area contributed by atoms with E-state index in [-0.39, 0.29) is 18.0 Å². The molecule has 6 nitrogen and oxygen atoms in total. The van der Waals surface area contributed by atoms with Crippen molar-refractivity contribution >= 4 is 17.5 Å². The summed E-state index contributed by atoms with van der Waals surface area (Å²) in [5, 5.41) is 3.29. The first-order valence-electron chi connectivity index (χ1n) is 8.56. The molecule has 0 atom stereocenters. The van der Waals surface area contributed by atoms with Gasteiger partial charge in [0.2, 0.25) is 0 Å². The summed E-state index contributed by atoms with van der Waals surface area (Å²) in [6.45, 7) is 7.57. The lowest BCUT2D eigenvalue weighted by molar-refractivity contribution is 0.0950. The highest BCUT2D eigenvalue weighted by atomic mass is 35.5. The Balaban J connectivity index is 1.91. The Morgan fingerprint density at radius 2 is 1.96 bits per heavy atom. The molecule has 3 rings (SSSR count). The van der Waals surface area contributed by atoms with Crippen LogP contribution in [0.3, 0.4) is 0 Å². The van der Waals surface area contributed by atoms with Crippen LogP contribution in [0.2, 0.25) is 5.02 Å². The minimum Gasteiger partial charge on any atom is -0.348 e. The number of halogens is 1. The number of aryl methyl sites for hydroxylation is 3. The standard InChI is InChI=1S/C20H21ClN4O2/c1-11-7-12(2)24-20(27)17(11)10-23-19(26)16-8-15(21)9-18(13(16)3)25-6-5-22-14(25)4/h5-9H,10H2,1-4H3,(H,23,26)(H,24,27). The van der Waals surface area contributed by atoms with E-state index < -0.39 is 0 Å². The van der Waals surface area contributed by atoms with Crippen LogP contribution in [0.4, 0.5) is 0 Å². The second-order valence-corrected chi connectivity index (χ2v) is 7.00. The van der Waals surface area contributed by atoms with Gasteiger partial charge in [-0.2, -0.15) is 0 Å². The van der Waals surface area contributed by atoms with Crippen LogP contribution >= 0.6 is 11.6 Å². The third kappa shape index (κ3) is 3.80. The number of imidazole rings is 1. The summed E-state index contributed by atoms with van der Waals surface area (Å²) in [7, 11) is 0. The smallest absolute Gasteiger partial charge is 0.253 e. The van der Waals surface area contributed by atoms with E-state index in [9.17, 15) is 9.59 Å². The predicted molar refractivity (Wildman–Crippen MR) is 106 cm³/mol. The molecule has 2 N–H and O–H groups in total. The van der Waals surface area contributed by atoms with Crippen molar-refractivity contribution in [3.05, 3.63) is 79.7 Å². The summed E-state index contributed by atoms with van der Waals surface area (Å²) < 4.78 is 1.88. The van der Waals surface area contributed by atoms with Gasteiger partial charge in [0, 0.05) is 40.8 Å². The summed E-state index contributed by atoms with van der Waals surface area (Å²) in [6, 6.07) is 5.32. The van der Waals surface area contributed by atoms with E-state index in [1.54, 1.807) is 18.3 Å². The Kier molecular flexibility index (Phi) is 5.19. The summed E-state index contributed by atoms with van der Waals surface area (Å²) in [4.78, 5) is 31.9. The lowest BCUT2D eigenvalue weighted by Gasteiger charge is -2.15. The molecular formula is C20H21ClN4O2. The van der Waals surface area contributed by atoms with Gasteiger partial charge in [0.15, 0.2) is 0 Å². The molecule has 0 aliphatic heterocycles. The molecule has 27 heavy (non-hydrogen) atoms. The van der Waals surface area contributed by atoms with Gasteiger partial charge in [0.1, 0.15) is 5.82 Å². The molecule has 0 bridgehead atoms. The molecule has 0 saturated carbocycles. The van der Waals surface area contributed by atoms with Gasteiger partial charge in [0.25, 0.3) is 11.5 Å². The second-order valence-electron chi connectivity index (χ2n) is 6.57. The van der Waals surface area contributed by atoms with Gasteiger partial charge in [-0.15, -0.1) is 0 Å². The molecule has 1 aromatic carbocycles. The largest absolute Gasteiger partial charge is 0.348 e. The predicted octanol–water partition coefficient (Wildman–Crippen LogP) is 3.38. The van der Waals surface area contributed by atoms with E-state index >= 15 is 0 Å². The average Bonchev–Trinajstić information content (AvgIpc) is 3.01. The highest BCUT2D eigenvalue weighted by Gasteiger charge is 2.16. The Morgan fingerprint density at radius 3 is 2.59 bits per heavy atom. The topological polar surface area (TPSA) is 79.8 Å². The van der Waals surface area contributed by atoms with Gasteiger partial charge >= 0.3 is 0 Å². The van der Waals surface area contributed by atoms with Gasteiger partial charge < -0.3 is 14.9 Å². The van der Waals surface area contributed by atoms with Gasteiger partial charge in [0.05, 0.1) is 5.69 Å². The lowest BCUT2D eigenvalue weighted by atomic mass is 10.0. The fourth-order valence-corrected chi connectivity index (χ4v) is 3.36. The van der Waals surface area contributed by atoms with Crippen molar-refractivity contribution in [2.24, 2.45) is 0 Å². The maximum Gasteiger partial charge on any atom is 0.253 e. The number of hydrogen-bond acceptors (Lipinski definition) is 3. The third-order valence-electron chi connectivity index (χ3n) is 4.59. The number of nitrogens with zero attached hydrogens (tertiary/aromatic N) is 2. The van der Waals surface area contributed by atoms with Crippen molar-refractivity contribution in [3.8, 4) is 5.69 Å². The summed E-state index contributed by atoms with van der Waals surface area (Å²) in [5.41, 5.74) is 4.03. The number of hydrogen-bond donors (Lipinski definition) is 2. The molecule has 0 fully saturated rings. The van der Waals surface area contributed by atoms with Crippen LogP contribution in [0.15, 0.2) is 35.4 Å². The zero-order chi connectivity index (χ0) is 19.7. The number of rotatable bonds is 4. The molecule has 140 valence electrons. The Hall–Kier alpha value is -2.86. The fraction of sp³-hybridized carbons (Fsp3) is 0.250. The van der Waals surface area contributed by atoms with E-state index in [1.807, 2.05) is 44.5 Å². The van der Waals surface area contributed by atoms with Crippen LogP contribution in [-0.2, 0) is 6.54 Å². The number of amides is 1. The maximum atomic E-state index is 12.8. The van der Waals surface area contributed by atoms with Crippen LogP contribution in [0, 0.1) is 27.7 Å². The Morgan fingerprint density at radius 1 is 1.22 bits per heavy atom. The second kappa shape index (κ2) is 7.40. The molecule has 2 aromatic heterocycles. The number of aromatic nitrogens is 3. The first-order valence-corrected chi connectivity index (χ1v) is 8.93. The Labute approximate surface area is 162 Å². The number of nitrogens with one attached hydrogen (secondary N) is 2. The fourth-order valence-electron chi connectivity index (χ4n) is 3.15.